The third kappa shape index (κ3) is 2.62. The first-order valence-corrected chi connectivity index (χ1v) is 6.33. The van der Waals surface area contributed by atoms with Crippen molar-refractivity contribution in [3.8, 4) is 0 Å². The Kier molecular flexibility index (Phi) is 3.82. The van der Waals surface area contributed by atoms with Crippen LogP contribution in [0.15, 0.2) is 24.4 Å². The number of nitrogens with one attached hydrogen (secondary N) is 1. The molecule has 0 amide bonds. The lowest BCUT2D eigenvalue weighted by Gasteiger charge is -2.06. The van der Waals surface area contributed by atoms with Crippen molar-refractivity contribution in [3.05, 3.63) is 35.5 Å². The molecule has 0 fully saturated rings. The third-order valence-corrected chi connectivity index (χ3v) is 3.39. The molecule has 1 aromatic carbocycles. The SMILES string of the molecule is CC(=O)C(O)CCCc1c[nH]c2cccc(C)c12. The molecule has 96 valence electrons. The van der Waals surface area contributed by atoms with Gasteiger partial charge in [-0.05, 0) is 50.3 Å². The van der Waals surface area contributed by atoms with Gasteiger partial charge >= 0.3 is 0 Å². The summed E-state index contributed by atoms with van der Waals surface area (Å²) in [5, 5.41) is 10.7. The quantitative estimate of drug-likeness (QED) is 0.851. The van der Waals surface area contributed by atoms with Gasteiger partial charge in [0, 0.05) is 17.1 Å². The van der Waals surface area contributed by atoms with Gasteiger partial charge in [0.1, 0.15) is 6.10 Å². The van der Waals surface area contributed by atoms with E-state index >= 15 is 0 Å². The zero-order chi connectivity index (χ0) is 13.1. The molecule has 0 bridgehead atoms. The van der Waals surface area contributed by atoms with Crippen molar-refractivity contribution in [3.63, 3.8) is 0 Å². The number of benzene rings is 1. The molecule has 2 rings (SSSR count). The Balaban J connectivity index is 2.06. The Labute approximate surface area is 107 Å². The Bertz CT molecular complexity index is 557. The fourth-order valence-corrected chi connectivity index (χ4v) is 2.34. The number of hydrogen-bond donors (Lipinski definition) is 2. The number of rotatable bonds is 5. The number of fused-ring (bicyclic) bond motifs is 1. The predicted octanol–water partition coefficient (Wildman–Crippen LogP) is 2.75. The number of carbonyl (C=O) groups is 1. The molecule has 0 saturated carbocycles. The first-order valence-electron chi connectivity index (χ1n) is 6.33. The lowest BCUT2D eigenvalue weighted by Crippen LogP contribution is -2.16. The van der Waals surface area contributed by atoms with Crippen LogP contribution in [0.4, 0.5) is 0 Å². The molecule has 1 atom stereocenters. The molecule has 3 heteroatoms. The predicted molar refractivity (Wildman–Crippen MR) is 72.7 cm³/mol. The molecular weight excluding hydrogens is 226 g/mol. The van der Waals surface area contributed by atoms with Crippen molar-refractivity contribution < 1.29 is 9.90 Å². The van der Waals surface area contributed by atoms with Gasteiger partial charge in [-0.2, -0.15) is 0 Å². The second-order valence-corrected chi connectivity index (χ2v) is 4.83. The third-order valence-electron chi connectivity index (χ3n) is 3.39. The van der Waals surface area contributed by atoms with E-state index in [0.29, 0.717) is 6.42 Å². The first-order chi connectivity index (χ1) is 8.59. The van der Waals surface area contributed by atoms with Crippen molar-refractivity contribution in [1.29, 1.82) is 0 Å². The molecule has 0 aliphatic rings. The number of carbonyl (C=O) groups excluding carboxylic acids is 1. The molecule has 2 aromatic rings. The van der Waals surface area contributed by atoms with E-state index in [1.165, 1.54) is 23.4 Å². The second-order valence-electron chi connectivity index (χ2n) is 4.83. The summed E-state index contributed by atoms with van der Waals surface area (Å²) in [7, 11) is 0. The van der Waals surface area contributed by atoms with Crippen LogP contribution in [0.2, 0.25) is 0 Å². The number of aliphatic hydroxyl groups excluding tert-OH is 1. The average molecular weight is 245 g/mol. The van der Waals surface area contributed by atoms with Gasteiger partial charge in [-0.15, -0.1) is 0 Å². The highest BCUT2D eigenvalue weighted by Gasteiger charge is 2.10. The minimum absolute atomic E-state index is 0.148. The Morgan fingerprint density at radius 3 is 2.94 bits per heavy atom. The molecule has 1 unspecified atom stereocenters. The minimum atomic E-state index is -0.809. The number of aryl methyl sites for hydroxylation is 2. The van der Waals surface area contributed by atoms with Gasteiger partial charge in [0.05, 0.1) is 0 Å². The van der Waals surface area contributed by atoms with Crippen LogP contribution in [0.5, 0.6) is 0 Å². The number of ketones is 1. The molecule has 3 nitrogen and oxygen atoms in total. The fourth-order valence-electron chi connectivity index (χ4n) is 2.34. The van der Waals surface area contributed by atoms with E-state index in [4.69, 9.17) is 0 Å². The molecule has 0 radical (unpaired) electrons. The number of Topliss-reactive ketones (excluding diaryl/α,β-unsaturated/α-hetero) is 1. The van der Waals surface area contributed by atoms with Crippen molar-refractivity contribution in [2.45, 2.75) is 39.2 Å². The van der Waals surface area contributed by atoms with Gasteiger partial charge in [-0.25, -0.2) is 0 Å². The minimum Gasteiger partial charge on any atom is -0.385 e. The second kappa shape index (κ2) is 5.36. The van der Waals surface area contributed by atoms with Crippen LogP contribution >= 0.6 is 0 Å². The van der Waals surface area contributed by atoms with Crippen molar-refractivity contribution in [2.24, 2.45) is 0 Å². The van der Waals surface area contributed by atoms with Crippen LogP contribution in [-0.2, 0) is 11.2 Å². The summed E-state index contributed by atoms with van der Waals surface area (Å²) >= 11 is 0. The Morgan fingerprint density at radius 1 is 1.44 bits per heavy atom. The highest BCUT2D eigenvalue weighted by Crippen LogP contribution is 2.23. The normalized spacial score (nSPS) is 12.8. The fraction of sp³-hybridized carbons (Fsp3) is 0.400. The summed E-state index contributed by atoms with van der Waals surface area (Å²) in [4.78, 5) is 14.2. The lowest BCUT2D eigenvalue weighted by molar-refractivity contribution is -0.125. The van der Waals surface area contributed by atoms with Gasteiger partial charge in [-0.1, -0.05) is 12.1 Å². The van der Waals surface area contributed by atoms with Crippen LogP contribution in [0.1, 0.15) is 30.9 Å². The number of aromatic nitrogens is 1. The number of hydrogen-bond acceptors (Lipinski definition) is 2. The summed E-state index contributed by atoms with van der Waals surface area (Å²) in [6, 6.07) is 6.21. The smallest absolute Gasteiger partial charge is 0.158 e. The van der Waals surface area contributed by atoms with E-state index in [-0.39, 0.29) is 5.78 Å². The lowest BCUT2D eigenvalue weighted by atomic mass is 10.0. The van der Waals surface area contributed by atoms with Crippen LogP contribution in [-0.4, -0.2) is 22.0 Å². The Morgan fingerprint density at radius 2 is 2.22 bits per heavy atom. The van der Waals surface area contributed by atoms with Gasteiger partial charge in [0.2, 0.25) is 0 Å². The number of aromatic amines is 1. The highest BCUT2D eigenvalue weighted by atomic mass is 16.3. The standard InChI is InChI=1S/C15H19NO2/c1-10-5-3-7-13-15(10)12(9-16-13)6-4-8-14(18)11(2)17/h3,5,7,9,14,16,18H,4,6,8H2,1-2H3. The van der Waals surface area contributed by atoms with Gasteiger partial charge in [0.25, 0.3) is 0 Å². The van der Waals surface area contributed by atoms with E-state index in [1.54, 1.807) is 0 Å². The molecule has 0 saturated heterocycles. The largest absolute Gasteiger partial charge is 0.385 e. The molecule has 0 aliphatic carbocycles. The summed E-state index contributed by atoms with van der Waals surface area (Å²) in [6.07, 6.45) is 3.46. The summed E-state index contributed by atoms with van der Waals surface area (Å²) < 4.78 is 0. The maximum Gasteiger partial charge on any atom is 0.158 e. The van der Waals surface area contributed by atoms with Crippen molar-refractivity contribution in [1.82, 2.24) is 4.98 Å². The summed E-state index contributed by atoms with van der Waals surface area (Å²) in [6.45, 7) is 3.53. The van der Waals surface area contributed by atoms with E-state index in [1.807, 2.05) is 12.3 Å². The van der Waals surface area contributed by atoms with Gasteiger partial charge < -0.3 is 10.1 Å². The van der Waals surface area contributed by atoms with E-state index in [0.717, 1.165) is 18.4 Å². The van der Waals surface area contributed by atoms with Crippen molar-refractivity contribution in [2.75, 3.05) is 0 Å². The monoisotopic (exact) mass is 245 g/mol. The van der Waals surface area contributed by atoms with Crippen LogP contribution in [0.25, 0.3) is 10.9 Å². The highest BCUT2D eigenvalue weighted by molar-refractivity contribution is 5.86. The first kappa shape index (κ1) is 12.8. The number of H-pyrrole nitrogens is 1. The topological polar surface area (TPSA) is 53.1 Å². The maximum atomic E-state index is 10.9. The zero-order valence-electron chi connectivity index (χ0n) is 10.9. The van der Waals surface area contributed by atoms with Crippen LogP contribution in [0, 0.1) is 6.92 Å². The summed E-state index contributed by atoms with van der Waals surface area (Å²) in [5.41, 5.74) is 3.67. The van der Waals surface area contributed by atoms with Crippen LogP contribution < -0.4 is 0 Å². The zero-order valence-corrected chi connectivity index (χ0v) is 10.9. The molecule has 1 aromatic heterocycles. The molecule has 1 heterocycles. The average Bonchev–Trinajstić information content (AvgIpc) is 2.73. The number of aliphatic hydroxyl groups is 1. The molecule has 0 spiro atoms. The summed E-state index contributed by atoms with van der Waals surface area (Å²) in [5.74, 6) is -0.148. The molecular formula is C15H19NO2. The van der Waals surface area contributed by atoms with Crippen molar-refractivity contribution >= 4 is 16.7 Å². The van der Waals surface area contributed by atoms with Gasteiger partial charge in [-0.3, -0.25) is 4.79 Å². The Hall–Kier alpha value is -1.61. The molecule has 2 N–H and O–H groups in total. The molecule has 0 aliphatic heterocycles. The van der Waals surface area contributed by atoms with E-state index in [9.17, 15) is 9.90 Å². The van der Waals surface area contributed by atoms with E-state index < -0.39 is 6.10 Å². The van der Waals surface area contributed by atoms with Crippen LogP contribution in [0.3, 0.4) is 0 Å². The van der Waals surface area contributed by atoms with Gasteiger partial charge in [0.15, 0.2) is 5.78 Å². The molecule has 18 heavy (non-hydrogen) atoms. The maximum absolute atomic E-state index is 10.9. The van der Waals surface area contributed by atoms with E-state index in [2.05, 4.69) is 24.0 Å².